The zero-order valence-corrected chi connectivity index (χ0v) is 12.3. The molecule has 2 rings (SSSR count). The zero-order valence-electron chi connectivity index (χ0n) is 12.3. The summed E-state index contributed by atoms with van der Waals surface area (Å²) in [6.07, 6.45) is 6.20. The van der Waals surface area contributed by atoms with Gasteiger partial charge in [0.2, 0.25) is 0 Å². The molecule has 3 heteroatoms. The minimum Gasteiger partial charge on any atom is -0.373 e. The Morgan fingerprint density at radius 2 is 1.61 bits per heavy atom. The van der Waals surface area contributed by atoms with E-state index in [-0.39, 0.29) is 0 Å². The van der Waals surface area contributed by atoms with Gasteiger partial charge < -0.3 is 10.5 Å². The van der Waals surface area contributed by atoms with Crippen LogP contribution in [0.3, 0.4) is 0 Å². The molecule has 106 valence electrons. The third-order valence-corrected chi connectivity index (χ3v) is 4.76. The molecule has 1 heterocycles. The van der Waals surface area contributed by atoms with E-state index in [0.717, 1.165) is 31.5 Å². The molecular weight excluding hydrogens is 224 g/mol. The van der Waals surface area contributed by atoms with Gasteiger partial charge in [0.1, 0.15) is 0 Å². The van der Waals surface area contributed by atoms with Crippen molar-refractivity contribution in [2.75, 3.05) is 19.6 Å². The van der Waals surface area contributed by atoms with Gasteiger partial charge in [-0.15, -0.1) is 0 Å². The molecule has 0 radical (unpaired) electrons. The molecule has 1 unspecified atom stereocenters. The van der Waals surface area contributed by atoms with Crippen molar-refractivity contribution in [3.05, 3.63) is 0 Å². The molecule has 0 bridgehead atoms. The lowest BCUT2D eigenvalue weighted by Gasteiger charge is -2.44. The Bertz CT molecular complexity index is 241. The van der Waals surface area contributed by atoms with Crippen LogP contribution in [0.2, 0.25) is 0 Å². The normalized spacial score (nSPS) is 40.7. The molecule has 0 spiro atoms. The van der Waals surface area contributed by atoms with Crippen molar-refractivity contribution < 1.29 is 4.74 Å². The maximum atomic E-state index is 6.08. The van der Waals surface area contributed by atoms with E-state index in [2.05, 4.69) is 25.7 Å². The first-order chi connectivity index (χ1) is 8.60. The molecule has 2 fully saturated rings. The van der Waals surface area contributed by atoms with Crippen molar-refractivity contribution >= 4 is 0 Å². The van der Waals surface area contributed by atoms with Crippen molar-refractivity contribution in [3.8, 4) is 0 Å². The van der Waals surface area contributed by atoms with Crippen molar-refractivity contribution in [2.45, 2.75) is 64.7 Å². The minimum absolute atomic E-state index is 0.352. The summed E-state index contributed by atoms with van der Waals surface area (Å²) in [5, 5.41) is 0. The SMILES string of the molecule is CC1CCC(C(CN)N2C[C@@H](C)O[C@@H](C)C2)CC1. The van der Waals surface area contributed by atoms with Crippen LogP contribution in [0.15, 0.2) is 0 Å². The van der Waals surface area contributed by atoms with Crippen molar-refractivity contribution in [2.24, 2.45) is 17.6 Å². The summed E-state index contributed by atoms with van der Waals surface area (Å²) in [6.45, 7) is 9.65. The van der Waals surface area contributed by atoms with Gasteiger partial charge in [-0.05, 0) is 38.5 Å². The molecule has 1 saturated carbocycles. The van der Waals surface area contributed by atoms with Crippen LogP contribution in [0.5, 0.6) is 0 Å². The summed E-state index contributed by atoms with van der Waals surface area (Å²) >= 11 is 0. The van der Waals surface area contributed by atoms with Crippen LogP contribution in [0.4, 0.5) is 0 Å². The molecule has 3 nitrogen and oxygen atoms in total. The second kappa shape index (κ2) is 6.36. The molecule has 1 aliphatic carbocycles. The number of hydrogen-bond acceptors (Lipinski definition) is 3. The van der Waals surface area contributed by atoms with Crippen LogP contribution in [0.25, 0.3) is 0 Å². The predicted molar refractivity (Wildman–Crippen MR) is 75.5 cm³/mol. The lowest BCUT2D eigenvalue weighted by molar-refractivity contribution is -0.0880. The fourth-order valence-corrected chi connectivity index (χ4v) is 3.80. The Morgan fingerprint density at radius 1 is 1.06 bits per heavy atom. The summed E-state index contributed by atoms with van der Waals surface area (Å²) in [6, 6.07) is 0.575. The van der Waals surface area contributed by atoms with Crippen LogP contribution in [0.1, 0.15) is 46.5 Å². The van der Waals surface area contributed by atoms with E-state index in [9.17, 15) is 0 Å². The first-order valence-corrected chi connectivity index (χ1v) is 7.69. The Hall–Kier alpha value is -0.120. The number of nitrogens with two attached hydrogens (primary N) is 1. The highest BCUT2D eigenvalue weighted by atomic mass is 16.5. The van der Waals surface area contributed by atoms with E-state index in [1.54, 1.807) is 0 Å². The summed E-state index contributed by atoms with van der Waals surface area (Å²) in [5.74, 6) is 1.73. The maximum absolute atomic E-state index is 6.08. The second-order valence-corrected chi connectivity index (χ2v) is 6.53. The largest absolute Gasteiger partial charge is 0.373 e. The van der Waals surface area contributed by atoms with Gasteiger partial charge in [-0.3, -0.25) is 4.90 Å². The molecule has 18 heavy (non-hydrogen) atoms. The Labute approximate surface area is 112 Å². The molecule has 0 amide bonds. The highest BCUT2D eigenvalue weighted by Gasteiger charge is 2.33. The number of nitrogens with zero attached hydrogens (tertiary/aromatic N) is 1. The van der Waals surface area contributed by atoms with Gasteiger partial charge in [-0.25, -0.2) is 0 Å². The quantitative estimate of drug-likeness (QED) is 0.839. The average Bonchev–Trinajstić information content (AvgIpc) is 2.31. The molecule has 0 aromatic rings. The van der Waals surface area contributed by atoms with Gasteiger partial charge in [-0.1, -0.05) is 19.8 Å². The molecular formula is C15H30N2O. The molecule has 1 aliphatic heterocycles. The topological polar surface area (TPSA) is 38.5 Å². The fourth-order valence-electron chi connectivity index (χ4n) is 3.80. The third-order valence-electron chi connectivity index (χ3n) is 4.76. The molecule has 0 aromatic heterocycles. The number of rotatable bonds is 3. The van der Waals surface area contributed by atoms with Crippen LogP contribution in [-0.2, 0) is 4.74 Å². The molecule has 0 aromatic carbocycles. The van der Waals surface area contributed by atoms with Crippen molar-refractivity contribution in [3.63, 3.8) is 0 Å². The van der Waals surface area contributed by atoms with E-state index in [0.29, 0.717) is 18.2 Å². The molecule has 2 aliphatic rings. The average molecular weight is 254 g/mol. The molecule has 1 saturated heterocycles. The number of morpholine rings is 1. The van der Waals surface area contributed by atoms with Crippen LogP contribution in [-0.4, -0.2) is 42.8 Å². The second-order valence-electron chi connectivity index (χ2n) is 6.53. The highest BCUT2D eigenvalue weighted by Crippen LogP contribution is 2.33. The Balaban J connectivity index is 1.95. The van der Waals surface area contributed by atoms with E-state index < -0.39 is 0 Å². The fraction of sp³-hybridized carbons (Fsp3) is 1.00. The standard InChI is InChI=1S/C15H30N2O/c1-11-4-6-14(7-5-11)15(8-16)17-9-12(2)18-13(3)10-17/h11-15H,4-10,16H2,1-3H3/t11?,12-,13+,14?,15?. The molecule has 2 N–H and O–H groups in total. The number of hydrogen-bond donors (Lipinski definition) is 1. The Kier molecular flexibility index (Phi) is 5.05. The van der Waals surface area contributed by atoms with Gasteiger partial charge in [-0.2, -0.15) is 0 Å². The lowest BCUT2D eigenvalue weighted by Crippen LogP contribution is -2.55. The first-order valence-electron chi connectivity index (χ1n) is 7.69. The van der Waals surface area contributed by atoms with Gasteiger partial charge in [0.25, 0.3) is 0 Å². The van der Waals surface area contributed by atoms with Gasteiger partial charge in [0, 0.05) is 25.7 Å². The van der Waals surface area contributed by atoms with E-state index in [1.165, 1.54) is 25.7 Å². The van der Waals surface area contributed by atoms with Crippen LogP contribution in [0, 0.1) is 11.8 Å². The minimum atomic E-state index is 0.352. The molecule has 3 atom stereocenters. The summed E-state index contributed by atoms with van der Waals surface area (Å²) in [5.41, 5.74) is 6.08. The predicted octanol–water partition coefficient (Wildman–Crippen LogP) is 2.25. The Morgan fingerprint density at radius 3 is 2.11 bits per heavy atom. The third kappa shape index (κ3) is 3.46. The summed E-state index contributed by atoms with van der Waals surface area (Å²) < 4.78 is 5.83. The summed E-state index contributed by atoms with van der Waals surface area (Å²) in [4.78, 5) is 2.60. The van der Waals surface area contributed by atoms with Crippen molar-refractivity contribution in [1.29, 1.82) is 0 Å². The smallest absolute Gasteiger partial charge is 0.0678 e. The van der Waals surface area contributed by atoms with Gasteiger partial charge >= 0.3 is 0 Å². The van der Waals surface area contributed by atoms with Gasteiger partial charge in [0.05, 0.1) is 12.2 Å². The maximum Gasteiger partial charge on any atom is 0.0678 e. The zero-order chi connectivity index (χ0) is 13.1. The van der Waals surface area contributed by atoms with Gasteiger partial charge in [0.15, 0.2) is 0 Å². The first kappa shape index (κ1) is 14.3. The van der Waals surface area contributed by atoms with Crippen LogP contribution >= 0.6 is 0 Å². The van der Waals surface area contributed by atoms with E-state index in [1.807, 2.05) is 0 Å². The lowest BCUT2D eigenvalue weighted by atomic mass is 9.78. The number of ether oxygens (including phenoxy) is 1. The van der Waals surface area contributed by atoms with E-state index in [4.69, 9.17) is 10.5 Å². The van der Waals surface area contributed by atoms with Crippen LogP contribution < -0.4 is 5.73 Å². The van der Waals surface area contributed by atoms with Crippen molar-refractivity contribution in [1.82, 2.24) is 4.90 Å². The van der Waals surface area contributed by atoms with E-state index >= 15 is 0 Å². The monoisotopic (exact) mass is 254 g/mol. The summed E-state index contributed by atoms with van der Waals surface area (Å²) in [7, 11) is 0. The highest BCUT2D eigenvalue weighted by molar-refractivity contribution is 4.87.